The van der Waals surface area contributed by atoms with Crippen molar-refractivity contribution in [2.45, 2.75) is 92.5 Å². The second-order valence-corrected chi connectivity index (χ2v) is 22.1. The fourth-order valence-electron chi connectivity index (χ4n) is 4.72. The predicted octanol–water partition coefficient (Wildman–Crippen LogP) is 5.57. The number of amides is 1. The molecule has 1 amide bonds. The van der Waals surface area contributed by atoms with E-state index in [1.54, 1.807) is 0 Å². The van der Waals surface area contributed by atoms with Gasteiger partial charge in [0.15, 0.2) is 0 Å². The van der Waals surface area contributed by atoms with Crippen molar-refractivity contribution >= 4 is 28.2 Å². The van der Waals surface area contributed by atoms with Crippen LogP contribution in [0.3, 0.4) is 0 Å². The summed E-state index contributed by atoms with van der Waals surface area (Å²) < 4.78 is 16.8. The van der Waals surface area contributed by atoms with Crippen molar-refractivity contribution in [3.05, 3.63) is 11.8 Å². The molecule has 0 N–H and O–H groups in total. The van der Waals surface area contributed by atoms with Crippen LogP contribution in [0.1, 0.15) is 84.9 Å². The summed E-state index contributed by atoms with van der Waals surface area (Å²) in [7, 11) is 0. The number of hydrogen-bond acceptors (Lipinski definition) is 5. The van der Waals surface area contributed by atoms with E-state index < -0.39 is 18.4 Å². The second-order valence-electron chi connectivity index (χ2n) is 9.10. The molecule has 1 unspecified atom stereocenters. The maximum absolute atomic E-state index is 12.0. The number of carbonyl (C=O) groups excluding carboxylic acids is 1. The average Bonchev–Trinajstić information content (AvgIpc) is 3.29. The van der Waals surface area contributed by atoms with E-state index in [-0.39, 0.29) is 12.1 Å². The Kier molecular flexibility index (Phi) is 11.7. The molecule has 1 saturated heterocycles. The van der Waals surface area contributed by atoms with Gasteiger partial charge in [-0.2, -0.15) is 0 Å². The van der Waals surface area contributed by atoms with Gasteiger partial charge in [-0.1, -0.05) is 0 Å². The summed E-state index contributed by atoms with van der Waals surface area (Å²) in [4.78, 5) is 16.2. The number of ether oxygens (including phenoxy) is 1. The van der Waals surface area contributed by atoms with Crippen LogP contribution in [0.2, 0.25) is 13.3 Å². The third-order valence-electron chi connectivity index (χ3n) is 6.89. The first-order valence-corrected chi connectivity index (χ1v) is 20.1. The van der Waals surface area contributed by atoms with Gasteiger partial charge in [-0.25, -0.2) is 0 Å². The molecular formula is C24H45N3O3Sn. The van der Waals surface area contributed by atoms with Gasteiger partial charge in [0.25, 0.3) is 0 Å². The Balaban J connectivity index is 2.11. The van der Waals surface area contributed by atoms with Crippen molar-refractivity contribution in [3.63, 3.8) is 0 Å². The predicted molar refractivity (Wildman–Crippen MR) is 130 cm³/mol. The standard InChI is InChI=1S/C12H18N3O3.3C4H9.Sn/c1-3-17-12(16)15-7-5-14(6-8-15)10(2)11-4-9-18-13-11;3*1-3-4-2;/h4,10H,3,5-8H2,1-2H3;3*1,3-4H2,2H3;. The van der Waals surface area contributed by atoms with Crippen LogP contribution in [-0.4, -0.2) is 72.2 Å². The van der Waals surface area contributed by atoms with Gasteiger partial charge >= 0.3 is 194 Å². The van der Waals surface area contributed by atoms with Gasteiger partial charge < -0.3 is 0 Å². The Morgan fingerprint density at radius 2 is 1.58 bits per heavy atom. The van der Waals surface area contributed by atoms with E-state index >= 15 is 0 Å². The molecule has 0 saturated carbocycles. The van der Waals surface area contributed by atoms with Crippen molar-refractivity contribution in [1.82, 2.24) is 15.0 Å². The molecule has 178 valence electrons. The Hall–Kier alpha value is -0.761. The number of piperazine rings is 1. The van der Waals surface area contributed by atoms with Crippen molar-refractivity contribution in [3.8, 4) is 0 Å². The first kappa shape index (κ1) is 26.5. The normalized spacial score (nSPS) is 16.5. The summed E-state index contributed by atoms with van der Waals surface area (Å²) >= 11 is -2.57. The fraction of sp³-hybridized carbons (Fsp3) is 0.833. The van der Waals surface area contributed by atoms with E-state index in [1.165, 1.54) is 55.6 Å². The van der Waals surface area contributed by atoms with Crippen LogP contribution in [0.5, 0.6) is 0 Å². The molecule has 2 rings (SSSR count). The molecule has 31 heavy (non-hydrogen) atoms. The van der Waals surface area contributed by atoms with Gasteiger partial charge in [-0.3, -0.25) is 0 Å². The third-order valence-corrected chi connectivity index (χ3v) is 21.8. The number of unbranched alkanes of at least 4 members (excludes halogenated alkanes) is 3. The zero-order valence-electron chi connectivity index (χ0n) is 20.6. The van der Waals surface area contributed by atoms with Crippen LogP contribution in [-0.2, 0) is 4.74 Å². The molecular weight excluding hydrogens is 497 g/mol. The SMILES string of the molecule is CCC[CH2][Sn]([CH2]CCC)([CH2]CCC)[c]1cc(C(C)N2CCN(C(=O)OCC)CC2)no1. The minimum atomic E-state index is -2.57. The van der Waals surface area contributed by atoms with E-state index in [9.17, 15) is 4.79 Å². The quantitative estimate of drug-likeness (QED) is 0.306. The summed E-state index contributed by atoms with van der Waals surface area (Å²) in [5.74, 6) is 0. The number of aromatic nitrogens is 1. The molecule has 0 aromatic carbocycles. The Labute approximate surface area is 193 Å². The van der Waals surface area contributed by atoms with Crippen LogP contribution in [0, 0.1) is 0 Å². The molecule has 1 atom stereocenters. The van der Waals surface area contributed by atoms with Crippen molar-refractivity contribution in [1.29, 1.82) is 0 Å². The van der Waals surface area contributed by atoms with Gasteiger partial charge in [0.05, 0.1) is 0 Å². The molecule has 0 spiro atoms. The molecule has 1 fully saturated rings. The molecule has 6 nitrogen and oxygen atoms in total. The van der Waals surface area contributed by atoms with Gasteiger partial charge in [0.2, 0.25) is 0 Å². The minimum absolute atomic E-state index is 0.194. The Morgan fingerprint density at radius 1 is 1.03 bits per heavy atom. The van der Waals surface area contributed by atoms with Crippen LogP contribution >= 0.6 is 0 Å². The average molecular weight is 542 g/mol. The molecule has 0 aliphatic carbocycles. The zero-order valence-corrected chi connectivity index (χ0v) is 23.5. The summed E-state index contributed by atoms with van der Waals surface area (Å²) in [6.07, 6.45) is 7.57. The number of hydrogen-bond donors (Lipinski definition) is 0. The molecule has 7 heteroatoms. The molecule has 0 radical (unpaired) electrons. The molecule has 1 aliphatic heterocycles. The summed E-state index contributed by atoms with van der Waals surface area (Å²) in [6.45, 7) is 14.5. The first-order chi connectivity index (χ1) is 15.0. The van der Waals surface area contributed by atoms with Gasteiger partial charge in [-0.15, -0.1) is 0 Å². The first-order valence-electron chi connectivity index (χ1n) is 12.6. The van der Waals surface area contributed by atoms with Gasteiger partial charge in [0, 0.05) is 0 Å². The van der Waals surface area contributed by atoms with E-state index in [4.69, 9.17) is 9.26 Å². The fourth-order valence-corrected chi connectivity index (χ4v) is 19.8. The van der Waals surface area contributed by atoms with Crippen molar-refractivity contribution in [2.75, 3.05) is 32.8 Å². The monoisotopic (exact) mass is 543 g/mol. The van der Waals surface area contributed by atoms with Gasteiger partial charge in [0.1, 0.15) is 0 Å². The Morgan fingerprint density at radius 3 is 2.06 bits per heavy atom. The molecule has 1 aliphatic rings. The van der Waals surface area contributed by atoms with Gasteiger partial charge in [-0.05, 0) is 0 Å². The maximum atomic E-state index is 12.0. The Bertz CT molecular complexity index is 622. The summed E-state index contributed by atoms with van der Waals surface area (Å²) in [5.41, 5.74) is 1.07. The van der Waals surface area contributed by atoms with Crippen LogP contribution in [0.4, 0.5) is 4.79 Å². The van der Waals surface area contributed by atoms with Crippen LogP contribution < -0.4 is 3.78 Å². The van der Waals surface area contributed by atoms with Crippen LogP contribution in [0.25, 0.3) is 0 Å². The zero-order chi connectivity index (χ0) is 22.7. The number of carbonyl (C=O) groups is 1. The number of nitrogens with zero attached hydrogens (tertiary/aromatic N) is 3. The third kappa shape index (κ3) is 7.37. The van der Waals surface area contributed by atoms with E-state index in [0.29, 0.717) is 19.7 Å². The topological polar surface area (TPSA) is 58.8 Å². The van der Waals surface area contributed by atoms with E-state index in [1.807, 2.05) is 11.8 Å². The number of rotatable bonds is 13. The van der Waals surface area contributed by atoms with E-state index in [0.717, 1.165) is 18.8 Å². The van der Waals surface area contributed by atoms with Crippen molar-refractivity contribution in [2.24, 2.45) is 0 Å². The molecule has 0 bridgehead atoms. The van der Waals surface area contributed by atoms with Crippen LogP contribution in [0.15, 0.2) is 10.6 Å². The molecule has 2 heterocycles. The van der Waals surface area contributed by atoms with E-state index in [2.05, 4.69) is 43.8 Å². The summed E-state index contributed by atoms with van der Waals surface area (Å²) in [6, 6.07) is 2.55. The molecule has 1 aromatic heterocycles. The second kappa shape index (κ2) is 13.7. The molecule has 1 aromatic rings. The van der Waals surface area contributed by atoms with Crippen molar-refractivity contribution < 1.29 is 14.1 Å². The summed E-state index contributed by atoms with van der Waals surface area (Å²) in [5, 5.41) is 4.60.